The van der Waals surface area contributed by atoms with E-state index in [-0.39, 0.29) is 35.5 Å². The summed E-state index contributed by atoms with van der Waals surface area (Å²) in [5.74, 6) is -2.03. The van der Waals surface area contributed by atoms with Crippen LogP contribution in [0.5, 0.6) is 5.75 Å². The van der Waals surface area contributed by atoms with Crippen LogP contribution in [0.4, 0.5) is 18.9 Å². The van der Waals surface area contributed by atoms with Gasteiger partial charge in [-0.2, -0.15) is 4.31 Å². The van der Waals surface area contributed by atoms with Crippen LogP contribution < -0.4 is 15.4 Å². The minimum Gasteiger partial charge on any atom is -0.406 e. The van der Waals surface area contributed by atoms with Gasteiger partial charge in [-0.25, -0.2) is 8.42 Å². The zero-order valence-electron chi connectivity index (χ0n) is 20.7. The molecule has 3 rings (SSSR count). The molecule has 1 fully saturated rings. The van der Waals surface area contributed by atoms with Gasteiger partial charge in [0.2, 0.25) is 21.8 Å². The Morgan fingerprint density at radius 2 is 1.57 bits per heavy atom. The largest absolute Gasteiger partial charge is 0.573 e. The maximum atomic E-state index is 12.9. The van der Waals surface area contributed by atoms with Crippen LogP contribution in [0.15, 0.2) is 53.4 Å². The Balaban J connectivity index is 1.57. The third-order valence-corrected chi connectivity index (χ3v) is 8.00. The molecule has 1 aliphatic heterocycles. The summed E-state index contributed by atoms with van der Waals surface area (Å²) in [5.41, 5.74) is 1.19. The summed E-state index contributed by atoms with van der Waals surface area (Å²) in [6, 6.07) is 10.4. The molecule has 0 radical (unpaired) electrons. The normalized spacial score (nSPS) is 16.3. The lowest BCUT2D eigenvalue weighted by atomic mass is 9.95. The molecule has 2 aromatic carbocycles. The van der Waals surface area contributed by atoms with E-state index in [0.29, 0.717) is 12.8 Å². The van der Waals surface area contributed by atoms with Gasteiger partial charge in [0.15, 0.2) is 0 Å². The average molecular weight is 542 g/mol. The number of alkyl halides is 3. The number of aryl methyl sites for hydroxylation is 1. The van der Waals surface area contributed by atoms with Gasteiger partial charge >= 0.3 is 6.36 Å². The standard InChI is InChI=1S/C25H30F3N3O5S/c1-16(2)22(24(33)29-19-6-8-20(9-7-19)36-25(26,27)28)30-23(32)18-12-14-31(15-13-18)37(34,35)21-10-4-17(3)5-11-21/h4-11,16,18,22H,12-15H2,1-3H3,(H,29,33)(H,30,32). The molecule has 12 heteroatoms. The number of carbonyl (C=O) groups is 2. The van der Waals surface area contributed by atoms with Crippen molar-refractivity contribution in [2.45, 2.75) is 50.9 Å². The van der Waals surface area contributed by atoms with Crippen LogP contribution in [0, 0.1) is 18.8 Å². The number of hydrogen-bond donors (Lipinski definition) is 2. The molecule has 202 valence electrons. The second-order valence-electron chi connectivity index (χ2n) is 9.28. The summed E-state index contributed by atoms with van der Waals surface area (Å²) in [4.78, 5) is 26.0. The van der Waals surface area contributed by atoms with Crippen LogP contribution in [0.2, 0.25) is 0 Å². The molecule has 8 nitrogen and oxygen atoms in total. The molecular weight excluding hydrogens is 511 g/mol. The Kier molecular flexibility index (Phi) is 8.85. The van der Waals surface area contributed by atoms with Gasteiger partial charge in [-0.3, -0.25) is 9.59 Å². The van der Waals surface area contributed by atoms with Gasteiger partial charge in [-0.05, 0) is 62.1 Å². The van der Waals surface area contributed by atoms with Crippen LogP contribution in [0.3, 0.4) is 0 Å². The third kappa shape index (κ3) is 7.68. The SMILES string of the molecule is Cc1ccc(S(=O)(=O)N2CCC(C(=O)NC(C(=O)Nc3ccc(OC(F)(F)F)cc3)C(C)C)CC2)cc1. The topological polar surface area (TPSA) is 105 Å². The van der Waals surface area contributed by atoms with Crippen LogP contribution in [-0.2, 0) is 19.6 Å². The summed E-state index contributed by atoms with van der Waals surface area (Å²) < 4.78 is 68.0. The number of amides is 2. The molecule has 0 aliphatic carbocycles. The second kappa shape index (κ2) is 11.5. The lowest BCUT2D eigenvalue weighted by molar-refractivity contribution is -0.274. The smallest absolute Gasteiger partial charge is 0.406 e. The Bertz CT molecular complexity index is 1190. The van der Waals surface area contributed by atoms with E-state index in [9.17, 15) is 31.2 Å². The van der Waals surface area contributed by atoms with Crippen LogP contribution in [0.25, 0.3) is 0 Å². The fraction of sp³-hybridized carbons (Fsp3) is 0.440. The molecule has 2 amide bonds. The fourth-order valence-electron chi connectivity index (χ4n) is 3.98. The van der Waals surface area contributed by atoms with Crippen molar-refractivity contribution in [3.8, 4) is 5.75 Å². The van der Waals surface area contributed by atoms with E-state index in [1.165, 1.54) is 16.4 Å². The molecule has 0 spiro atoms. The molecule has 0 aromatic heterocycles. The Labute approximate surface area is 214 Å². The highest BCUT2D eigenvalue weighted by molar-refractivity contribution is 7.89. The first-order valence-corrected chi connectivity index (χ1v) is 13.2. The first-order valence-electron chi connectivity index (χ1n) is 11.8. The van der Waals surface area contributed by atoms with Gasteiger partial charge < -0.3 is 15.4 Å². The molecule has 1 unspecified atom stereocenters. The zero-order valence-corrected chi connectivity index (χ0v) is 21.5. The summed E-state index contributed by atoms with van der Waals surface area (Å²) >= 11 is 0. The molecule has 1 atom stereocenters. The lowest BCUT2D eigenvalue weighted by Crippen LogP contribution is -2.50. The first kappa shape index (κ1) is 28.5. The molecule has 2 N–H and O–H groups in total. The number of benzene rings is 2. The molecule has 0 bridgehead atoms. The predicted octanol–water partition coefficient (Wildman–Crippen LogP) is 4.07. The molecule has 1 saturated heterocycles. The molecule has 1 aliphatic rings. The Morgan fingerprint density at radius 3 is 2.08 bits per heavy atom. The number of ether oxygens (including phenoxy) is 1. The van der Waals surface area contributed by atoms with E-state index in [0.717, 1.165) is 17.7 Å². The Hall–Kier alpha value is -3.12. The zero-order chi connectivity index (χ0) is 27.4. The molecule has 1 heterocycles. The monoisotopic (exact) mass is 541 g/mol. The van der Waals surface area contributed by atoms with Crippen molar-refractivity contribution in [3.63, 3.8) is 0 Å². The van der Waals surface area contributed by atoms with Gasteiger partial charge in [-0.15, -0.1) is 13.2 Å². The van der Waals surface area contributed by atoms with Crippen molar-refractivity contribution in [3.05, 3.63) is 54.1 Å². The van der Waals surface area contributed by atoms with Gasteiger partial charge in [0.05, 0.1) is 4.90 Å². The molecule has 2 aromatic rings. The number of anilines is 1. The Morgan fingerprint density at radius 1 is 1.00 bits per heavy atom. The van der Waals surface area contributed by atoms with Crippen LogP contribution >= 0.6 is 0 Å². The van der Waals surface area contributed by atoms with Crippen molar-refractivity contribution >= 4 is 27.5 Å². The maximum Gasteiger partial charge on any atom is 0.573 e. The summed E-state index contributed by atoms with van der Waals surface area (Å²) in [6.07, 6.45) is -4.20. The molecular formula is C25H30F3N3O5S. The number of nitrogens with zero attached hydrogens (tertiary/aromatic N) is 1. The van der Waals surface area contributed by atoms with Crippen molar-refractivity contribution in [1.82, 2.24) is 9.62 Å². The summed E-state index contributed by atoms with van der Waals surface area (Å²) in [5, 5.41) is 5.34. The van der Waals surface area contributed by atoms with Gasteiger partial charge in [-0.1, -0.05) is 31.5 Å². The van der Waals surface area contributed by atoms with E-state index in [4.69, 9.17) is 0 Å². The number of rotatable bonds is 8. The highest BCUT2D eigenvalue weighted by Crippen LogP contribution is 2.26. The van der Waals surface area contributed by atoms with Gasteiger partial charge in [0.25, 0.3) is 0 Å². The number of piperidine rings is 1. The lowest BCUT2D eigenvalue weighted by Gasteiger charge is -2.32. The highest BCUT2D eigenvalue weighted by atomic mass is 32.2. The average Bonchev–Trinajstić information content (AvgIpc) is 2.82. The van der Waals surface area contributed by atoms with E-state index in [1.54, 1.807) is 38.1 Å². The minimum absolute atomic E-state index is 0.180. The van der Waals surface area contributed by atoms with Crippen molar-refractivity contribution in [1.29, 1.82) is 0 Å². The first-order chi connectivity index (χ1) is 17.3. The number of carbonyl (C=O) groups excluding carboxylic acids is 2. The fourth-order valence-corrected chi connectivity index (χ4v) is 5.45. The van der Waals surface area contributed by atoms with Crippen LogP contribution in [-0.4, -0.2) is 50.0 Å². The summed E-state index contributed by atoms with van der Waals surface area (Å²) in [6.45, 7) is 5.73. The van der Waals surface area contributed by atoms with Crippen molar-refractivity contribution in [2.75, 3.05) is 18.4 Å². The number of sulfonamides is 1. The maximum absolute atomic E-state index is 12.9. The minimum atomic E-state index is -4.82. The third-order valence-electron chi connectivity index (χ3n) is 6.09. The highest BCUT2D eigenvalue weighted by Gasteiger charge is 2.34. The number of hydrogen-bond acceptors (Lipinski definition) is 5. The van der Waals surface area contributed by atoms with E-state index in [2.05, 4.69) is 15.4 Å². The molecule has 37 heavy (non-hydrogen) atoms. The number of halogens is 3. The second-order valence-corrected chi connectivity index (χ2v) is 11.2. The van der Waals surface area contributed by atoms with E-state index in [1.807, 2.05) is 6.92 Å². The molecule has 0 saturated carbocycles. The predicted molar refractivity (Wildman–Crippen MR) is 131 cm³/mol. The van der Waals surface area contributed by atoms with Crippen LogP contribution in [0.1, 0.15) is 32.3 Å². The van der Waals surface area contributed by atoms with E-state index < -0.39 is 40.0 Å². The quantitative estimate of drug-likeness (QED) is 0.524. The van der Waals surface area contributed by atoms with Crippen molar-refractivity contribution in [2.24, 2.45) is 11.8 Å². The van der Waals surface area contributed by atoms with Gasteiger partial charge in [0, 0.05) is 24.7 Å². The number of nitrogens with one attached hydrogen (secondary N) is 2. The van der Waals surface area contributed by atoms with Gasteiger partial charge in [0.1, 0.15) is 11.8 Å². The van der Waals surface area contributed by atoms with E-state index >= 15 is 0 Å². The summed E-state index contributed by atoms with van der Waals surface area (Å²) in [7, 11) is -3.66. The van der Waals surface area contributed by atoms with Crippen molar-refractivity contribution < 1.29 is 35.9 Å².